The Kier molecular flexibility index (Phi) is 7.23. The van der Waals surface area contributed by atoms with E-state index in [4.69, 9.17) is 9.84 Å². The molecule has 1 aliphatic rings. The fourth-order valence-electron chi connectivity index (χ4n) is 2.17. The molecular weight excluding hydrogens is 232 g/mol. The number of hydrogen-bond donors (Lipinski definition) is 2. The third-order valence-electron chi connectivity index (χ3n) is 3.08. The molecule has 1 amide bonds. The smallest absolute Gasteiger partial charge is 0.221 e. The summed E-state index contributed by atoms with van der Waals surface area (Å²) in [4.78, 5) is 13.8. The van der Waals surface area contributed by atoms with E-state index in [1.165, 1.54) is 0 Å². The minimum atomic E-state index is 0.0928. The fourth-order valence-corrected chi connectivity index (χ4v) is 2.17. The second kappa shape index (κ2) is 8.45. The van der Waals surface area contributed by atoms with Crippen molar-refractivity contribution in [2.75, 3.05) is 32.8 Å². The van der Waals surface area contributed by atoms with Gasteiger partial charge in [0.15, 0.2) is 0 Å². The van der Waals surface area contributed by atoms with Gasteiger partial charge in [0.05, 0.1) is 19.3 Å². The van der Waals surface area contributed by atoms with Crippen molar-refractivity contribution >= 4 is 5.91 Å². The molecule has 0 radical (unpaired) electrons. The molecular formula is C13H26N2O3. The highest BCUT2D eigenvalue weighted by molar-refractivity contribution is 5.76. The Morgan fingerprint density at radius 1 is 1.44 bits per heavy atom. The monoisotopic (exact) mass is 258 g/mol. The topological polar surface area (TPSA) is 61.8 Å². The zero-order chi connectivity index (χ0) is 13.4. The van der Waals surface area contributed by atoms with Gasteiger partial charge in [0.25, 0.3) is 0 Å². The van der Waals surface area contributed by atoms with E-state index in [2.05, 4.69) is 10.2 Å². The number of nitrogens with zero attached hydrogens (tertiary/aromatic N) is 1. The first-order valence-corrected chi connectivity index (χ1v) is 6.86. The molecule has 5 nitrogen and oxygen atoms in total. The second-order valence-corrected chi connectivity index (χ2v) is 5.11. The molecule has 0 atom stereocenters. The van der Waals surface area contributed by atoms with E-state index >= 15 is 0 Å². The van der Waals surface area contributed by atoms with Crippen molar-refractivity contribution in [3.8, 4) is 0 Å². The molecule has 0 saturated carbocycles. The van der Waals surface area contributed by atoms with Crippen LogP contribution in [0.1, 0.15) is 33.1 Å². The van der Waals surface area contributed by atoms with Crippen molar-refractivity contribution < 1.29 is 14.6 Å². The number of aliphatic hydroxyl groups is 1. The number of carbonyl (C=O) groups is 1. The van der Waals surface area contributed by atoms with E-state index in [-0.39, 0.29) is 24.7 Å². The molecule has 0 aromatic heterocycles. The number of amides is 1. The molecule has 1 heterocycles. The third kappa shape index (κ3) is 6.33. The average molecular weight is 258 g/mol. The summed E-state index contributed by atoms with van der Waals surface area (Å²) in [7, 11) is 0. The number of aliphatic hydroxyl groups excluding tert-OH is 1. The second-order valence-electron chi connectivity index (χ2n) is 5.11. The molecule has 106 valence electrons. The van der Waals surface area contributed by atoms with Gasteiger partial charge in [-0.2, -0.15) is 0 Å². The Morgan fingerprint density at radius 2 is 2.11 bits per heavy atom. The number of rotatable bonds is 7. The molecule has 18 heavy (non-hydrogen) atoms. The summed E-state index contributed by atoms with van der Waals surface area (Å²) >= 11 is 0. The summed E-state index contributed by atoms with van der Waals surface area (Å²) in [6.45, 7) is 7.25. The van der Waals surface area contributed by atoms with Crippen LogP contribution in [-0.2, 0) is 9.53 Å². The van der Waals surface area contributed by atoms with Crippen LogP contribution in [0.25, 0.3) is 0 Å². The highest BCUT2D eigenvalue weighted by Crippen LogP contribution is 2.13. The molecule has 1 saturated heterocycles. The quantitative estimate of drug-likeness (QED) is 0.693. The molecule has 1 rings (SSSR count). The number of piperidine rings is 1. The van der Waals surface area contributed by atoms with Crippen molar-refractivity contribution in [2.45, 2.75) is 45.3 Å². The first kappa shape index (κ1) is 15.4. The molecule has 1 aliphatic heterocycles. The van der Waals surface area contributed by atoms with Crippen LogP contribution in [-0.4, -0.2) is 60.9 Å². The van der Waals surface area contributed by atoms with Crippen LogP contribution >= 0.6 is 0 Å². The van der Waals surface area contributed by atoms with E-state index < -0.39 is 0 Å². The van der Waals surface area contributed by atoms with E-state index in [0.29, 0.717) is 13.0 Å². The third-order valence-corrected chi connectivity index (χ3v) is 3.08. The van der Waals surface area contributed by atoms with Crippen LogP contribution in [0.4, 0.5) is 0 Å². The van der Waals surface area contributed by atoms with E-state index in [1.54, 1.807) is 0 Å². The van der Waals surface area contributed by atoms with Crippen molar-refractivity contribution in [3.63, 3.8) is 0 Å². The van der Waals surface area contributed by atoms with Crippen LogP contribution in [0.15, 0.2) is 0 Å². The number of carbonyl (C=O) groups excluding carboxylic acids is 1. The Morgan fingerprint density at radius 3 is 2.67 bits per heavy atom. The molecule has 0 aliphatic carbocycles. The van der Waals surface area contributed by atoms with Gasteiger partial charge in [0.1, 0.15) is 0 Å². The lowest BCUT2D eigenvalue weighted by Gasteiger charge is -2.31. The van der Waals surface area contributed by atoms with Crippen molar-refractivity contribution in [3.05, 3.63) is 0 Å². The zero-order valence-corrected chi connectivity index (χ0v) is 11.5. The first-order valence-electron chi connectivity index (χ1n) is 6.86. The van der Waals surface area contributed by atoms with Gasteiger partial charge in [-0.1, -0.05) is 0 Å². The van der Waals surface area contributed by atoms with Crippen molar-refractivity contribution in [2.24, 2.45) is 0 Å². The van der Waals surface area contributed by atoms with Gasteiger partial charge in [-0.05, 0) is 26.7 Å². The van der Waals surface area contributed by atoms with Gasteiger partial charge < -0.3 is 20.1 Å². The highest BCUT2D eigenvalue weighted by Gasteiger charge is 2.19. The van der Waals surface area contributed by atoms with Gasteiger partial charge in [0.2, 0.25) is 5.91 Å². The van der Waals surface area contributed by atoms with Crippen LogP contribution in [0, 0.1) is 0 Å². The summed E-state index contributed by atoms with van der Waals surface area (Å²) in [5, 5.41) is 11.6. The Labute approximate surface area is 109 Å². The molecule has 0 aromatic rings. The van der Waals surface area contributed by atoms with Crippen molar-refractivity contribution in [1.29, 1.82) is 0 Å². The maximum Gasteiger partial charge on any atom is 0.221 e. The van der Waals surface area contributed by atoms with Gasteiger partial charge in [-0.3, -0.25) is 4.79 Å². The van der Waals surface area contributed by atoms with E-state index in [0.717, 1.165) is 32.5 Å². The average Bonchev–Trinajstić information content (AvgIpc) is 2.34. The van der Waals surface area contributed by atoms with Crippen LogP contribution in [0.3, 0.4) is 0 Å². The maximum absolute atomic E-state index is 11.5. The lowest BCUT2D eigenvalue weighted by Crippen LogP contribution is -2.40. The summed E-state index contributed by atoms with van der Waals surface area (Å²) in [5.41, 5.74) is 0. The zero-order valence-electron chi connectivity index (χ0n) is 11.5. The molecule has 0 aromatic carbocycles. The molecule has 5 heteroatoms. The normalized spacial score (nSPS) is 18.2. The van der Waals surface area contributed by atoms with Crippen LogP contribution in [0.2, 0.25) is 0 Å². The Bertz CT molecular complexity index is 238. The number of ether oxygens (including phenoxy) is 1. The minimum absolute atomic E-state index is 0.0928. The van der Waals surface area contributed by atoms with Gasteiger partial charge in [-0.25, -0.2) is 0 Å². The summed E-state index contributed by atoms with van der Waals surface area (Å²) in [6, 6.07) is 0.218. The summed E-state index contributed by atoms with van der Waals surface area (Å²) < 4.78 is 5.50. The largest absolute Gasteiger partial charge is 0.394 e. The maximum atomic E-state index is 11.5. The van der Waals surface area contributed by atoms with E-state index in [1.807, 2.05) is 13.8 Å². The van der Waals surface area contributed by atoms with Crippen LogP contribution in [0.5, 0.6) is 0 Å². The standard InChI is InChI=1S/C13H26N2O3/c1-11(2)14-13(17)5-8-15-6-3-12(4-7-15)18-10-9-16/h11-12,16H,3-10H2,1-2H3,(H,14,17). The first-order chi connectivity index (χ1) is 8.61. The lowest BCUT2D eigenvalue weighted by molar-refractivity contribution is -0.122. The molecule has 2 N–H and O–H groups in total. The molecule has 0 spiro atoms. The SMILES string of the molecule is CC(C)NC(=O)CCN1CCC(OCCO)CC1. The lowest BCUT2D eigenvalue weighted by atomic mass is 10.1. The summed E-state index contributed by atoms with van der Waals surface area (Å²) in [6.07, 6.45) is 2.83. The molecule has 0 bridgehead atoms. The van der Waals surface area contributed by atoms with Gasteiger partial charge in [-0.15, -0.1) is 0 Å². The van der Waals surface area contributed by atoms with Crippen molar-refractivity contribution in [1.82, 2.24) is 10.2 Å². The number of hydrogen-bond acceptors (Lipinski definition) is 4. The van der Waals surface area contributed by atoms with Gasteiger partial charge in [0, 0.05) is 32.1 Å². The Balaban J connectivity index is 2.10. The Hall–Kier alpha value is -0.650. The summed E-state index contributed by atoms with van der Waals surface area (Å²) in [5.74, 6) is 0.128. The van der Waals surface area contributed by atoms with Crippen LogP contribution < -0.4 is 5.32 Å². The number of likely N-dealkylation sites (tertiary alicyclic amines) is 1. The minimum Gasteiger partial charge on any atom is -0.394 e. The molecule has 1 fully saturated rings. The highest BCUT2D eigenvalue weighted by atomic mass is 16.5. The van der Waals surface area contributed by atoms with Gasteiger partial charge >= 0.3 is 0 Å². The predicted molar refractivity (Wildman–Crippen MR) is 70.4 cm³/mol. The number of nitrogens with one attached hydrogen (secondary N) is 1. The predicted octanol–water partition coefficient (Wildman–Crippen LogP) is 0.374. The van der Waals surface area contributed by atoms with E-state index in [9.17, 15) is 4.79 Å². The fraction of sp³-hybridized carbons (Fsp3) is 0.923. The molecule has 0 unspecified atom stereocenters.